The Bertz CT molecular complexity index is 918. The Morgan fingerprint density at radius 1 is 0.744 bits per heavy atom. The van der Waals surface area contributed by atoms with E-state index in [1.807, 2.05) is 0 Å². The lowest BCUT2D eigenvalue weighted by Crippen LogP contribution is -2.63. The maximum Gasteiger partial charge on any atom is 0.303 e. The molecule has 0 saturated carbocycles. The monoisotopic (exact) mass is 620 g/mol. The minimum absolute atomic E-state index is 0.118. The quantitative estimate of drug-likeness (QED) is 0.186. The molecule has 2 rings (SSSR count). The number of rotatable bonds is 11. The van der Waals surface area contributed by atoms with Gasteiger partial charge in [-0.15, -0.1) is 34.8 Å². The fourth-order valence-electron chi connectivity index (χ4n) is 4.24. The van der Waals surface area contributed by atoms with Gasteiger partial charge in [0.25, 0.3) is 0 Å². The van der Waals surface area contributed by atoms with Gasteiger partial charge >= 0.3 is 29.8 Å². The SMILES string of the molecule is CC(=O)OC[C@H]1O[C@H](O[C@]2(CCCl)O[C@H](CCl)[C@@H](OC(C)=O)[C@@H]2OC(C)=O)[C@H](OC(C)=O)[C@@H](OC(C)=O)[C@H]1Cl. The van der Waals surface area contributed by atoms with Crippen LogP contribution in [0.15, 0.2) is 0 Å². The lowest BCUT2D eigenvalue weighted by Gasteiger charge is -2.46. The fraction of sp³-hybridized carbons (Fsp3) is 0.783. The van der Waals surface area contributed by atoms with Crippen LogP contribution < -0.4 is 0 Å². The van der Waals surface area contributed by atoms with Gasteiger partial charge in [-0.1, -0.05) is 0 Å². The van der Waals surface area contributed by atoms with E-state index in [0.29, 0.717) is 0 Å². The van der Waals surface area contributed by atoms with Gasteiger partial charge in [0, 0.05) is 46.9 Å². The molecule has 9 atom stereocenters. The number of alkyl halides is 3. The first-order valence-electron chi connectivity index (χ1n) is 11.8. The molecule has 0 amide bonds. The van der Waals surface area contributed by atoms with Crippen molar-refractivity contribution in [3.8, 4) is 0 Å². The molecule has 2 heterocycles. The summed E-state index contributed by atoms with van der Waals surface area (Å²) in [5.41, 5.74) is 0. The molecule has 2 saturated heterocycles. The summed E-state index contributed by atoms with van der Waals surface area (Å²) in [5.74, 6) is -5.99. The number of hydrogen-bond donors (Lipinski definition) is 0. The van der Waals surface area contributed by atoms with Crippen LogP contribution in [0.1, 0.15) is 41.0 Å². The second-order valence-corrected chi connectivity index (χ2v) is 9.91. The van der Waals surface area contributed by atoms with Crippen LogP contribution in [0.3, 0.4) is 0 Å². The summed E-state index contributed by atoms with van der Waals surface area (Å²) < 4.78 is 44.8. The van der Waals surface area contributed by atoms with Gasteiger partial charge in [0.2, 0.25) is 12.1 Å². The maximum atomic E-state index is 12.1. The summed E-state index contributed by atoms with van der Waals surface area (Å²) in [5, 5.41) is -1.17. The van der Waals surface area contributed by atoms with Gasteiger partial charge in [-0.05, 0) is 0 Å². The second kappa shape index (κ2) is 14.6. The zero-order valence-electron chi connectivity index (χ0n) is 21.9. The van der Waals surface area contributed by atoms with Crippen LogP contribution in [-0.2, 0) is 61.9 Å². The van der Waals surface area contributed by atoms with Gasteiger partial charge < -0.3 is 37.9 Å². The lowest BCUT2D eigenvalue weighted by molar-refractivity contribution is -0.366. The average Bonchev–Trinajstić information content (AvgIpc) is 3.08. The number of ether oxygens (including phenoxy) is 8. The van der Waals surface area contributed by atoms with E-state index < -0.39 is 83.9 Å². The third-order valence-electron chi connectivity index (χ3n) is 5.58. The summed E-state index contributed by atoms with van der Waals surface area (Å²) in [6, 6.07) is 0. The predicted octanol–water partition coefficient (Wildman–Crippen LogP) is 1.59. The minimum atomic E-state index is -1.96. The van der Waals surface area contributed by atoms with Crippen molar-refractivity contribution in [2.75, 3.05) is 18.4 Å². The van der Waals surface area contributed by atoms with Crippen LogP contribution in [0.4, 0.5) is 0 Å². The molecule has 0 aromatic heterocycles. The molecule has 39 heavy (non-hydrogen) atoms. The highest BCUT2D eigenvalue weighted by Gasteiger charge is 2.63. The molecule has 222 valence electrons. The Morgan fingerprint density at radius 2 is 1.28 bits per heavy atom. The van der Waals surface area contributed by atoms with E-state index in [4.69, 9.17) is 72.7 Å². The second-order valence-electron chi connectivity index (χ2n) is 8.72. The molecule has 2 aliphatic rings. The van der Waals surface area contributed by atoms with Crippen molar-refractivity contribution in [2.45, 2.75) is 95.1 Å². The normalized spacial score (nSPS) is 34.1. The molecule has 0 aromatic carbocycles. The Balaban J connectivity index is 2.59. The molecule has 2 aliphatic heterocycles. The molecular formula is C23H31Cl3O13. The third-order valence-corrected chi connectivity index (χ3v) is 6.60. The Labute approximate surface area is 239 Å². The smallest absolute Gasteiger partial charge is 0.303 e. The van der Waals surface area contributed by atoms with Gasteiger partial charge in [-0.2, -0.15) is 0 Å². The maximum absolute atomic E-state index is 12.1. The molecule has 0 spiro atoms. The van der Waals surface area contributed by atoms with Crippen molar-refractivity contribution in [1.29, 1.82) is 0 Å². The topological polar surface area (TPSA) is 159 Å². The first-order chi connectivity index (χ1) is 18.2. The fourth-order valence-corrected chi connectivity index (χ4v) is 5.07. The van der Waals surface area contributed by atoms with Gasteiger partial charge in [0.1, 0.15) is 24.2 Å². The van der Waals surface area contributed by atoms with E-state index in [1.54, 1.807) is 0 Å². The third kappa shape index (κ3) is 8.79. The zero-order valence-corrected chi connectivity index (χ0v) is 24.2. The van der Waals surface area contributed by atoms with Crippen molar-refractivity contribution >= 4 is 64.6 Å². The van der Waals surface area contributed by atoms with Crippen molar-refractivity contribution < 1.29 is 61.9 Å². The summed E-state index contributed by atoms with van der Waals surface area (Å²) in [7, 11) is 0. The molecule has 0 aromatic rings. The number of carbonyl (C=O) groups excluding carboxylic acids is 5. The minimum Gasteiger partial charge on any atom is -0.463 e. The van der Waals surface area contributed by atoms with E-state index in [1.165, 1.54) is 0 Å². The molecule has 0 unspecified atom stereocenters. The summed E-state index contributed by atoms with van der Waals surface area (Å²) in [4.78, 5) is 59.4. The summed E-state index contributed by atoms with van der Waals surface area (Å²) in [6.07, 6.45) is -9.38. The van der Waals surface area contributed by atoms with Gasteiger partial charge in [-0.25, -0.2) is 0 Å². The van der Waals surface area contributed by atoms with Gasteiger partial charge in [-0.3, -0.25) is 24.0 Å². The molecular weight excluding hydrogens is 591 g/mol. The Hall–Kier alpha value is -1.90. The van der Waals surface area contributed by atoms with Crippen molar-refractivity contribution in [2.24, 2.45) is 0 Å². The number of esters is 5. The van der Waals surface area contributed by atoms with E-state index in [9.17, 15) is 24.0 Å². The standard InChI is InChI=1S/C23H31Cl3O13/c1-10(27)32-9-16-17(26)19(34-12(3)29)20(35-13(4)30)22(37-16)39-23(6-7-24)21(36-14(5)31)18(33-11(2)28)15(8-25)38-23/h15-22H,6-9H2,1-5H3/t15-,16-,17+,18-,19+,20-,21+,22-,23+/m1/s1. The predicted molar refractivity (Wildman–Crippen MR) is 132 cm³/mol. The van der Waals surface area contributed by atoms with Crippen LogP contribution in [0.5, 0.6) is 0 Å². The van der Waals surface area contributed by atoms with Crippen LogP contribution >= 0.6 is 34.8 Å². The molecule has 0 bridgehead atoms. The largest absolute Gasteiger partial charge is 0.463 e. The first kappa shape index (κ1) is 33.3. The number of hydrogen-bond acceptors (Lipinski definition) is 13. The van der Waals surface area contributed by atoms with Crippen LogP contribution in [0.2, 0.25) is 0 Å². The van der Waals surface area contributed by atoms with Crippen LogP contribution in [0, 0.1) is 0 Å². The Morgan fingerprint density at radius 3 is 1.77 bits per heavy atom. The number of carbonyl (C=O) groups is 5. The van der Waals surface area contributed by atoms with Gasteiger partial charge in [0.05, 0.1) is 5.88 Å². The summed E-state index contributed by atoms with van der Waals surface area (Å²) >= 11 is 18.7. The number of halogens is 3. The Kier molecular flexibility index (Phi) is 12.5. The molecule has 13 nitrogen and oxygen atoms in total. The van der Waals surface area contributed by atoms with Crippen LogP contribution in [-0.4, -0.2) is 102 Å². The first-order valence-corrected chi connectivity index (χ1v) is 13.3. The van der Waals surface area contributed by atoms with E-state index in [2.05, 4.69) is 0 Å². The lowest BCUT2D eigenvalue weighted by atomic mass is 9.99. The van der Waals surface area contributed by atoms with Gasteiger partial charge in [0.15, 0.2) is 24.4 Å². The highest BCUT2D eigenvalue weighted by molar-refractivity contribution is 6.21. The van der Waals surface area contributed by atoms with E-state index in [0.717, 1.165) is 34.6 Å². The van der Waals surface area contributed by atoms with E-state index >= 15 is 0 Å². The van der Waals surface area contributed by atoms with Crippen molar-refractivity contribution in [3.63, 3.8) is 0 Å². The molecule has 0 aliphatic carbocycles. The molecule has 2 fully saturated rings. The molecule has 0 radical (unpaired) electrons. The highest BCUT2D eigenvalue weighted by Crippen LogP contribution is 2.43. The zero-order chi connectivity index (χ0) is 29.5. The molecule has 0 N–H and O–H groups in total. The van der Waals surface area contributed by atoms with Crippen LogP contribution in [0.25, 0.3) is 0 Å². The average molecular weight is 622 g/mol. The van der Waals surface area contributed by atoms with Crippen molar-refractivity contribution in [3.05, 3.63) is 0 Å². The summed E-state index contributed by atoms with van der Waals surface area (Å²) in [6.45, 7) is 5.25. The molecule has 16 heteroatoms. The van der Waals surface area contributed by atoms with E-state index in [-0.39, 0.29) is 24.8 Å². The van der Waals surface area contributed by atoms with Crippen molar-refractivity contribution in [1.82, 2.24) is 0 Å². The highest BCUT2D eigenvalue weighted by atomic mass is 35.5.